The van der Waals surface area contributed by atoms with Gasteiger partial charge in [0.25, 0.3) is 0 Å². The number of carbonyl (C=O) groups is 1. The van der Waals surface area contributed by atoms with Crippen molar-refractivity contribution in [1.82, 2.24) is 0 Å². The van der Waals surface area contributed by atoms with Crippen LogP contribution in [0, 0.1) is 0 Å². The first kappa shape index (κ1) is 15.4. The summed E-state index contributed by atoms with van der Waals surface area (Å²) < 4.78 is 4.74. The van der Waals surface area contributed by atoms with Crippen LogP contribution in [0.3, 0.4) is 0 Å². The lowest BCUT2D eigenvalue weighted by molar-refractivity contribution is -0.139. The predicted molar refractivity (Wildman–Crippen MR) is 87.4 cm³/mol. The van der Waals surface area contributed by atoms with Crippen molar-refractivity contribution in [3.8, 4) is 0 Å². The van der Waals surface area contributed by atoms with E-state index in [9.17, 15) is 4.79 Å². The molecule has 2 aromatic rings. The van der Waals surface area contributed by atoms with E-state index in [0.717, 1.165) is 15.4 Å². The highest BCUT2D eigenvalue weighted by Crippen LogP contribution is 2.32. The van der Waals surface area contributed by atoms with Crippen LogP contribution in [-0.2, 0) is 16.0 Å². The standard InChI is InChI=1S/C16H13NO2S2/c1-19-16(18)10-12-9-13(17-11-20)7-8-15(12)21-14-5-3-2-4-6-14/h2-9H,10H2,1H3. The second-order valence-corrected chi connectivity index (χ2v) is 5.46. The molecule has 0 unspecified atom stereocenters. The Hall–Kier alpha value is -1.94. The number of aliphatic imine (C=N–C) groups is 1. The quantitative estimate of drug-likeness (QED) is 0.469. The Morgan fingerprint density at radius 1 is 1.29 bits per heavy atom. The van der Waals surface area contributed by atoms with E-state index in [1.54, 1.807) is 11.8 Å². The lowest BCUT2D eigenvalue weighted by atomic mass is 10.1. The van der Waals surface area contributed by atoms with Crippen LogP contribution in [0.1, 0.15) is 5.56 Å². The first-order valence-electron chi connectivity index (χ1n) is 6.23. The molecule has 0 aliphatic heterocycles. The molecule has 0 saturated carbocycles. The Kier molecular flexibility index (Phi) is 5.69. The number of isothiocyanates is 1. The van der Waals surface area contributed by atoms with E-state index in [4.69, 9.17) is 4.74 Å². The fourth-order valence-electron chi connectivity index (χ4n) is 1.77. The highest BCUT2D eigenvalue weighted by atomic mass is 32.2. The minimum absolute atomic E-state index is 0.201. The number of carbonyl (C=O) groups excluding carboxylic acids is 1. The minimum atomic E-state index is -0.284. The molecule has 0 aliphatic rings. The second-order valence-electron chi connectivity index (χ2n) is 4.16. The SMILES string of the molecule is COC(=O)Cc1cc(N=C=S)ccc1Sc1ccccc1. The average Bonchev–Trinajstić information content (AvgIpc) is 2.51. The summed E-state index contributed by atoms with van der Waals surface area (Å²) in [5.74, 6) is -0.284. The Labute approximate surface area is 133 Å². The third-order valence-corrected chi connectivity index (χ3v) is 3.97. The molecule has 21 heavy (non-hydrogen) atoms. The van der Waals surface area contributed by atoms with Crippen molar-refractivity contribution < 1.29 is 9.53 Å². The molecule has 0 saturated heterocycles. The van der Waals surface area contributed by atoms with Gasteiger partial charge in [0.05, 0.1) is 24.4 Å². The monoisotopic (exact) mass is 315 g/mol. The number of rotatable bonds is 5. The number of thiocarbonyl (C=S) groups is 1. The maximum Gasteiger partial charge on any atom is 0.310 e. The third-order valence-electron chi connectivity index (χ3n) is 2.75. The van der Waals surface area contributed by atoms with E-state index in [1.807, 2.05) is 48.5 Å². The van der Waals surface area contributed by atoms with Crippen LogP contribution in [0.2, 0.25) is 0 Å². The van der Waals surface area contributed by atoms with E-state index in [0.29, 0.717) is 5.69 Å². The third kappa shape index (κ3) is 4.53. The van der Waals surface area contributed by atoms with E-state index in [2.05, 4.69) is 22.4 Å². The first-order valence-corrected chi connectivity index (χ1v) is 7.46. The topological polar surface area (TPSA) is 38.7 Å². The molecule has 2 aromatic carbocycles. The van der Waals surface area contributed by atoms with Gasteiger partial charge in [-0.2, -0.15) is 4.99 Å². The van der Waals surface area contributed by atoms with E-state index < -0.39 is 0 Å². The Balaban J connectivity index is 2.34. The fourth-order valence-corrected chi connectivity index (χ4v) is 2.82. The molecular weight excluding hydrogens is 302 g/mol. The van der Waals surface area contributed by atoms with Crippen LogP contribution >= 0.6 is 24.0 Å². The number of nitrogens with zero attached hydrogens (tertiary/aromatic N) is 1. The molecule has 0 aromatic heterocycles. The molecule has 0 aliphatic carbocycles. The summed E-state index contributed by atoms with van der Waals surface area (Å²) in [6, 6.07) is 15.6. The van der Waals surface area contributed by atoms with Crippen LogP contribution in [0.15, 0.2) is 63.3 Å². The van der Waals surface area contributed by atoms with Crippen molar-refractivity contribution in [2.45, 2.75) is 16.2 Å². The molecule has 3 nitrogen and oxygen atoms in total. The first-order chi connectivity index (χ1) is 10.2. The van der Waals surface area contributed by atoms with Crippen molar-refractivity contribution in [1.29, 1.82) is 0 Å². The zero-order chi connectivity index (χ0) is 15.1. The van der Waals surface area contributed by atoms with Gasteiger partial charge in [0.1, 0.15) is 0 Å². The van der Waals surface area contributed by atoms with Gasteiger partial charge in [-0.15, -0.1) is 0 Å². The van der Waals surface area contributed by atoms with Crippen LogP contribution in [0.4, 0.5) is 5.69 Å². The number of ether oxygens (including phenoxy) is 1. The van der Waals surface area contributed by atoms with Crippen molar-refractivity contribution in [3.05, 3.63) is 54.1 Å². The lowest BCUT2D eigenvalue weighted by Gasteiger charge is -2.09. The van der Waals surface area contributed by atoms with Crippen LogP contribution in [-0.4, -0.2) is 18.2 Å². The molecule has 2 rings (SSSR count). The number of benzene rings is 2. The molecule has 0 spiro atoms. The summed E-state index contributed by atoms with van der Waals surface area (Å²) in [4.78, 5) is 17.6. The van der Waals surface area contributed by atoms with Gasteiger partial charge in [0, 0.05) is 9.79 Å². The van der Waals surface area contributed by atoms with Gasteiger partial charge in [-0.1, -0.05) is 30.0 Å². The summed E-state index contributed by atoms with van der Waals surface area (Å²) in [7, 11) is 1.38. The maximum atomic E-state index is 11.6. The van der Waals surface area contributed by atoms with Crippen LogP contribution in [0.25, 0.3) is 0 Å². The van der Waals surface area contributed by atoms with Crippen molar-refractivity contribution >= 4 is 40.8 Å². The van der Waals surface area contributed by atoms with Crippen molar-refractivity contribution in [3.63, 3.8) is 0 Å². The summed E-state index contributed by atoms with van der Waals surface area (Å²) >= 11 is 6.21. The Morgan fingerprint density at radius 2 is 2.05 bits per heavy atom. The summed E-state index contributed by atoms with van der Waals surface area (Å²) in [5, 5.41) is 2.33. The largest absolute Gasteiger partial charge is 0.469 e. The maximum absolute atomic E-state index is 11.6. The Bertz CT molecular complexity index is 680. The number of hydrogen-bond acceptors (Lipinski definition) is 5. The van der Waals surface area contributed by atoms with E-state index in [-0.39, 0.29) is 12.4 Å². The molecular formula is C16H13NO2S2. The molecule has 0 bridgehead atoms. The average molecular weight is 315 g/mol. The number of hydrogen-bond donors (Lipinski definition) is 0. The molecule has 0 radical (unpaired) electrons. The minimum Gasteiger partial charge on any atom is -0.469 e. The van der Waals surface area contributed by atoms with E-state index >= 15 is 0 Å². The summed E-state index contributed by atoms with van der Waals surface area (Å²) in [6.07, 6.45) is 0.201. The zero-order valence-corrected chi connectivity index (χ0v) is 13.0. The van der Waals surface area contributed by atoms with Gasteiger partial charge >= 0.3 is 5.97 Å². The fraction of sp³-hybridized carbons (Fsp3) is 0.125. The number of methoxy groups -OCH3 is 1. The van der Waals surface area contributed by atoms with E-state index in [1.165, 1.54) is 7.11 Å². The smallest absolute Gasteiger partial charge is 0.310 e. The van der Waals surface area contributed by atoms with Gasteiger partial charge < -0.3 is 4.74 Å². The second kappa shape index (κ2) is 7.74. The van der Waals surface area contributed by atoms with Gasteiger partial charge in [0.15, 0.2) is 0 Å². The molecule has 0 amide bonds. The van der Waals surface area contributed by atoms with Crippen LogP contribution in [0.5, 0.6) is 0 Å². The summed E-state index contributed by atoms with van der Waals surface area (Å²) in [5.41, 5.74) is 1.54. The Morgan fingerprint density at radius 3 is 2.71 bits per heavy atom. The number of esters is 1. The lowest BCUT2D eigenvalue weighted by Crippen LogP contribution is -2.05. The van der Waals surface area contributed by atoms with Crippen molar-refractivity contribution in [2.75, 3.05) is 7.11 Å². The van der Waals surface area contributed by atoms with Gasteiger partial charge in [-0.25, -0.2) is 0 Å². The van der Waals surface area contributed by atoms with Crippen molar-refractivity contribution in [2.24, 2.45) is 4.99 Å². The molecule has 0 heterocycles. The highest BCUT2D eigenvalue weighted by molar-refractivity contribution is 7.99. The molecule has 106 valence electrons. The normalized spacial score (nSPS) is 9.76. The molecule has 0 atom stereocenters. The highest BCUT2D eigenvalue weighted by Gasteiger charge is 2.10. The predicted octanol–water partition coefficient (Wildman–Crippen LogP) is 4.29. The molecule has 0 fully saturated rings. The molecule has 0 N–H and O–H groups in total. The van der Waals surface area contributed by atoms with Gasteiger partial charge in [0.2, 0.25) is 0 Å². The van der Waals surface area contributed by atoms with Gasteiger partial charge in [-0.05, 0) is 48.1 Å². The summed E-state index contributed by atoms with van der Waals surface area (Å²) in [6.45, 7) is 0. The molecule has 5 heteroatoms. The van der Waals surface area contributed by atoms with Gasteiger partial charge in [-0.3, -0.25) is 4.79 Å². The van der Waals surface area contributed by atoms with Crippen LogP contribution < -0.4 is 0 Å². The zero-order valence-electron chi connectivity index (χ0n) is 11.4.